The van der Waals surface area contributed by atoms with Crippen LogP contribution in [0.25, 0.3) is 10.4 Å². The molecule has 3 saturated heterocycles. The average molecular weight is 888 g/mol. The van der Waals surface area contributed by atoms with Crippen LogP contribution in [0.1, 0.15) is 55.5 Å². The molecule has 3 aromatic rings. The van der Waals surface area contributed by atoms with E-state index in [2.05, 4.69) is 25.0 Å². The molecule has 61 heavy (non-hydrogen) atoms. The van der Waals surface area contributed by atoms with E-state index in [0.29, 0.717) is 16.9 Å². The number of nitrogens with two attached hydrogens (primary N) is 2. The molecule has 6 heterocycles. The number of carboxylic acids is 2. The molecule has 6 rings (SSSR count). The van der Waals surface area contributed by atoms with E-state index >= 15 is 0 Å². The number of aryl methyl sites for hydroxylation is 2. The quantitative estimate of drug-likeness (QED) is 0.0567. The van der Waals surface area contributed by atoms with Crippen molar-refractivity contribution in [2.75, 3.05) is 31.3 Å². The van der Waals surface area contributed by atoms with Gasteiger partial charge in [0.1, 0.15) is 48.3 Å². The lowest BCUT2D eigenvalue weighted by atomic mass is 10.1. The van der Waals surface area contributed by atoms with Crippen LogP contribution in [0.15, 0.2) is 53.7 Å². The van der Waals surface area contributed by atoms with Crippen molar-refractivity contribution >= 4 is 29.5 Å². The maximum atomic E-state index is 13.4. The standard InChI is InChI=1S/C10H13FN2O4.C10H13N5O4.C8H11N3O3S.C5H9NO4/c1-5-3-13(10(16)12-9(5)15)8-2-6(11)7(4-14)17-8;1-5-3-15(10(18)12-9(5)17)8-2-6(13-14-11)7(4-16)19-8;9-5-1-2-11(8(13)10-5)6-4-15-7(3-12)14-6;6-3(5(9)10)1-2-4(7)8/h3,6-8,14H,2,4H2,1H3,(H,12,15,16);3,6-8,16H,2,4H2,1H3,(H,12,17,18);1-2,6-7,12H,3-4H2,(H2,9,10,13);3H,1-2,6H2,(H,7,8)(H,9,10)/t2*6-,7+,8+;6-,7+;/m000./s1. The molecule has 0 spiro atoms. The first-order chi connectivity index (χ1) is 28.8. The van der Waals surface area contributed by atoms with Crippen LogP contribution in [0.5, 0.6) is 0 Å². The van der Waals surface area contributed by atoms with E-state index in [9.17, 15) is 38.0 Å². The fourth-order valence-corrected chi connectivity index (χ4v) is 6.52. The fourth-order valence-electron chi connectivity index (χ4n) is 5.59. The fraction of sp³-hybridized carbons (Fsp3) is 0.576. The van der Waals surface area contributed by atoms with Crippen molar-refractivity contribution in [2.45, 2.75) is 94.1 Å². The number of aromatic amines is 2. The number of anilines is 1. The normalized spacial score (nSPS) is 24.4. The molecule has 336 valence electrons. The van der Waals surface area contributed by atoms with E-state index in [1.54, 1.807) is 26.1 Å². The SMILES string of the molecule is Cc1cn([C@H]2C[C@H](F)[C@@H](CO)O2)c(=O)[nH]c1=O.Cc1cn([C@H]2C[C@H](N=[N+]=[N-])[C@@H](CO)O2)c(=O)[nH]c1=O.NC(CCC(=O)O)C(=O)O.Nc1ccn([C@@H]2CS[C@H](CO)O2)c(=O)n1. The topological polar surface area (TPSA) is 408 Å². The van der Waals surface area contributed by atoms with Gasteiger partial charge in [-0.05, 0) is 31.9 Å². The Bertz CT molecular complexity index is 2310. The summed E-state index contributed by atoms with van der Waals surface area (Å²) in [6.07, 6.45) is -0.417. The number of nitrogen functional groups attached to an aromatic ring is 1. The molecule has 0 radical (unpaired) electrons. The number of halogens is 1. The van der Waals surface area contributed by atoms with Crippen LogP contribution in [0.3, 0.4) is 0 Å². The van der Waals surface area contributed by atoms with Crippen molar-refractivity contribution < 1.29 is 53.7 Å². The molecule has 3 aliphatic rings. The Morgan fingerprint density at radius 3 is 1.95 bits per heavy atom. The Balaban J connectivity index is 0.000000222. The minimum atomic E-state index is -1.32. The number of alkyl halides is 1. The number of carbonyl (C=O) groups is 2. The molecule has 9 atom stereocenters. The number of aromatic nitrogens is 6. The van der Waals surface area contributed by atoms with Crippen LogP contribution in [0, 0.1) is 13.8 Å². The predicted octanol–water partition coefficient (Wildman–Crippen LogP) is -2.06. The molecule has 3 aliphatic heterocycles. The number of nitrogens with zero attached hydrogens (tertiary/aromatic N) is 7. The lowest BCUT2D eigenvalue weighted by Crippen LogP contribution is -2.33. The van der Waals surface area contributed by atoms with E-state index in [0.717, 1.165) is 4.57 Å². The van der Waals surface area contributed by atoms with Gasteiger partial charge in [-0.25, -0.2) is 18.8 Å². The monoisotopic (exact) mass is 887 g/mol. The Morgan fingerprint density at radius 1 is 0.934 bits per heavy atom. The molecule has 0 aromatic carbocycles. The second-order valence-corrected chi connectivity index (χ2v) is 14.5. The van der Waals surface area contributed by atoms with Gasteiger partial charge in [-0.1, -0.05) is 5.11 Å². The molecule has 3 aromatic heterocycles. The van der Waals surface area contributed by atoms with Crippen LogP contribution in [-0.2, 0) is 23.8 Å². The van der Waals surface area contributed by atoms with Crippen molar-refractivity contribution in [1.82, 2.24) is 28.7 Å². The third-order valence-electron chi connectivity index (χ3n) is 8.87. The largest absolute Gasteiger partial charge is 0.481 e. The van der Waals surface area contributed by atoms with Crippen molar-refractivity contribution in [3.05, 3.63) is 98.4 Å². The summed E-state index contributed by atoms with van der Waals surface area (Å²) < 4.78 is 33.2. The number of aliphatic hydroxyl groups is 3. The number of hydrogen-bond donors (Lipinski definition) is 9. The highest BCUT2D eigenvalue weighted by Gasteiger charge is 2.37. The van der Waals surface area contributed by atoms with Crippen molar-refractivity contribution in [1.29, 1.82) is 0 Å². The highest BCUT2D eigenvalue weighted by molar-refractivity contribution is 8.00. The molecule has 26 nitrogen and oxygen atoms in total. The summed E-state index contributed by atoms with van der Waals surface area (Å²) in [4.78, 5) is 87.6. The van der Waals surface area contributed by atoms with Gasteiger partial charge in [0, 0.05) is 59.6 Å². The highest BCUT2D eigenvalue weighted by Crippen LogP contribution is 2.31. The zero-order valence-corrected chi connectivity index (χ0v) is 33.4. The maximum Gasteiger partial charge on any atom is 0.351 e. The number of rotatable bonds is 11. The minimum Gasteiger partial charge on any atom is -0.481 e. The second-order valence-electron chi connectivity index (χ2n) is 13.3. The molecule has 0 amide bonds. The number of nitrogens with one attached hydrogen (secondary N) is 2. The van der Waals surface area contributed by atoms with Gasteiger partial charge in [-0.3, -0.25) is 42.8 Å². The second kappa shape index (κ2) is 23.3. The van der Waals surface area contributed by atoms with Crippen LogP contribution in [0.2, 0.25) is 0 Å². The number of azide groups is 1. The molecule has 0 bridgehead atoms. The van der Waals surface area contributed by atoms with Gasteiger partial charge in [0.15, 0.2) is 0 Å². The molecule has 0 saturated carbocycles. The zero-order chi connectivity index (χ0) is 45.6. The lowest BCUT2D eigenvalue weighted by molar-refractivity contribution is -0.139. The molecule has 11 N–H and O–H groups in total. The van der Waals surface area contributed by atoms with Crippen molar-refractivity contribution in [2.24, 2.45) is 10.8 Å². The third-order valence-corrected chi connectivity index (χ3v) is 9.98. The number of aliphatic carboxylic acids is 2. The van der Waals surface area contributed by atoms with Gasteiger partial charge in [-0.2, -0.15) is 4.98 Å². The Labute approximate surface area is 346 Å². The van der Waals surface area contributed by atoms with Gasteiger partial charge in [-0.15, -0.1) is 11.8 Å². The number of H-pyrrole nitrogens is 2. The van der Waals surface area contributed by atoms with Crippen LogP contribution in [-0.4, -0.2) is 128 Å². The van der Waals surface area contributed by atoms with E-state index in [1.165, 1.54) is 33.3 Å². The van der Waals surface area contributed by atoms with E-state index in [-0.39, 0.29) is 56.4 Å². The van der Waals surface area contributed by atoms with Gasteiger partial charge < -0.3 is 51.2 Å². The van der Waals surface area contributed by atoms with Crippen LogP contribution < -0.4 is 39.7 Å². The van der Waals surface area contributed by atoms with E-state index in [4.69, 9.17) is 56.7 Å². The van der Waals surface area contributed by atoms with Crippen molar-refractivity contribution in [3.63, 3.8) is 0 Å². The Hall–Kier alpha value is -5.71. The number of aliphatic hydroxyl groups excluding tert-OH is 3. The third kappa shape index (κ3) is 14.2. The van der Waals surface area contributed by atoms with Gasteiger partial charge in [0.25, 0.3) is 11.1 Å². The highest BCUT2D eigenvalue weighted by atomic mass is 32.2. The summed E-state index contributed by atoms with van der Waals surface area (Å²) in [6.45, 7) is 2.31. The van der Waals surface area contributed by atoms with E-state index < -0.39 is 89.7 Å². The number of hydrogen-bond acceptors (Lipinski definition) is 18. The summed E-state index contributed by atoms with van der Waals surface area (Å²) in [5, 5.41) is 46.7. The van der Waals surface area contributed by atoms with Gasteiger partial charge in [0.05, 0.1) is 32.0 Å². The Morgan fingerprint density at radius 2 is 1.49 bits per heavy atom. The summed E-state index contributed by atoms with van der Waals surface area (Å²) >= 11 is 1.47. The van der Waals surface area contributed by atoms with Crippen LogP contribution >= 0.6 is 11.8 Å². The van der Waals surface area contributed by atoms with Gasteiger partial charge >= 0.3 is 29.0 Å². The smallest absolute Gasteiger partial charge is 0.351 e. The Kier molecular flexibility index (Phi) is 19.0. The summed E-state index contributed by atoms with van der Waals surface area (Å²) in [7, 11) is 0. The lowest BCUT2D eigenvalue weighted by Gasteiger charge is -2.14. The van der Waals surface area contributed by atoms with Crippen LogP contribution in [0.4, 0.5) is 10.2 Å². The number of carboxylic acid groups (broad SMARTS) is 2. The average Bonchev–Trinajstić information content (AvgIpc) is 3.96. The number of thioether (sulfide) groups is 1. The molecular weight excluding hydrogens is 841 g/mol. The molecular formula is C33H46FN11O15S. The minimum absolute atomic E-state index is 0.0172. The molecule has 28 heteroatoms. The first kappa shape index (κ1) is 49.7. The van der Waals surface area contributed by atoms with Crippen molar-refractivity contribution in [3.8, 4) is 0 Å². The first-order valence-corrected chi connectivity index (χ1v) is 19.2. The molecule has 0 aliphatic carbocycles. The first-order valence-electron chi connectivity index (χ1n) is 18.1. The molecule has 3 fully saturated rings. The maximum absolute atomic E-state index is 13.4. The molecule has 1 unspecified atom stereocenters. The summed E-state index contributed by atoms with van der Waals surface area (Å²) in [5.41, 5.74) is 16.7. The number of ether oxygens (including phenoxy) is 3. The summed E-state index contributed by atoms with van der Waals surface area (Å²) in [5.74, 6) is -1.38. The predicted molar refractivity (Wildman–Crippen MR) is 210 cm³/mol. The summed E-state index contributed by atoms with van der Waals surface area (Å²) in [6, 6.07) is -0.0583. The van der Waals surface area contributed by atoms with Gasteiger partial charge in [0.2, 0.25) is 0 Å². The van der Waals surface area contributed by atoms with E-state index in [1.807, 2.05) is 0 Å². The zero-order valence-electron chi connectivity index (χ0n) is 32.6.